The van der Waals surface area contributed by atoms with Gasteiger partial charge < -0.3 is 15.1 Å². The third-order valence-electron chi connectivity index (χ3n) is 5.49. The van der Waals surface area contributed by atoms with Gasteiger partial charge in [0.15, 0.2) is 0 Å². The van der Waals surface area contributed by atoms with Crippen molar-refractivity contribution < 1.29 is 19.4 Å². The highest BCUT2D eigenvalue weighted by Crippen LogP contribution is 2.45. The number of unbranched alkanes of at least 4 members (excludes halogenated alkanes) is 1. The van der Waals surface area contributed by atoms with Gasteiger partial charge in [-0.2, -0.15) is 12.6 Å². The summed E-state index contributed by atoms with van der Waals surface area (Å²) in [7, 11) is 0. The maximum atomic E-state index is 12.7. The van der Waals surface area contributed by atoms with Crippen LogP contribution in [0, 0.1) is 22.2 Å². The summed E-state index contributed by atoms with van der Waals surface area (Å²) in [5.74, 6) is 0.116. The smallest absolute Gasteiger partial charge is 0.233 e. The molecule has 4 rings (SSSR count). The van der Waals surface area contributed by atoms with E-state index in [0.717, 1.165) is 39.6 Å². The highest BCUT2D eigenvalue weighted by molar-refractivity contribution is 14.1. The van der Waals surface area contributed by atoms with Gasteiger partial charge in [0.25, 0.3) is 0 Å². The van der Waals surface area contributed by atoms with E-state index in [1.165, 1.54) is 12.1 Å². The van der Waals surface area contributed by atoms with E-state index < -0.39 is 0 Å². The lowest BCUT2D eigenvalue weighted by Gasteiger charge is -2.47. The molecule has 2 N–H and O–H groups in total. The summed E-state index contributed by atoms with van der Waals surface area (Å²) in [5.41, 5.74) is 3.02. The van der Waals surface area contributed by atoms with E-state index >= 15 is 0 Å². The quantitative estimate of drug-likeness (QED) is 0.131. The molecule has 0 unspecified atom stereocenters. The maximum absolute atomic E-state index is 12.7. The van der Waals surface area contributed by atoms with Gasteiger partial charge in [0.1, 0.15) is 11.6 Å². The fraction of sp³-hybridized carbons (Fsp3) is 0.296. The third-order valence-corrected chi connectivity index (χ3v) is 6.21. The van der Waals surface area contributed by atoms with Crippen LogP contribution in [0.3, 0.4) is 0 Å². The second kappa shape index (κ2) is 14.3. The first-order valence-electron chi connectivity index (χ1n) is 11.1. The minimum atomic E-state index is -0.171. The lowest BCUT2D eigenvalue weighted by atomic mass is 9.79. The summed E-state index contributed by atoms with van der Waals surface area (Å²) >= 11 is 5.78. The van der Waals surface area contributed by atoms with Crippen molar-refractivity contribution in [1.82, 2.24) is 0 Å². The van der Waals surface area contributed by atoms with E-state index in [9.17, 15) is 14.3 Å². The van der Waals surface area contributed by atoms with Crippen LogP contribution in [0.25, 0.3) is 0 Å². The highest BCUT2D eigenvalue weighted by atomic mass is 127. The van der Waals surface area contributed by atoms with Crippen molar-refractivity contribution in [1.29, 1.82) is 0 Å². The zero-order valence-electron chi connectivity index (χ0n) is 19.4. The average molecular weight is 596 g/mol. The Bertz CT molecular complexity index is 993. The molecule has 3 aromatic carbocycles. The predicted octanol–water partition coefficient (Wildman–Crippen LogP) is 6.54. The van der Waals surface area contributed by atoms with Gasteiger partial charge in [-0.25, -0.2) is 4.39 Å². The van der Waals surface area contributed by atoms with Crippen molar-refractivity contribution in [3.63, 3.8) is 0 Å². The molecule has 0 aliphatic carbocycles. The molecule has 1 fully saturated rings. The molecule has 0 saturated carbocycles. The van der Waals surface area contributed by atoms with Gasteiger partial charge in [0, 0.05) is 15.9 Å². The second-order valence-corrected chi connectivity index (χ2v) is 9.09. The Morgan fingerprint density at radius 1 is 0.941 bits per heavy atom. The third kappa shape index (κ3) is 7.71. The van der Waals surface area contributed by atoms with E-state index in [2.05, 4.69) is 35.2 Å². The molecule has 4 nitrogen and oxygen atoms in total. The number of aliphatic hydroxyl groups excluding tert-OH is 1. The van der Waals surface area contributed by atoms with Gasteiger partial charge in [-0.05, 0) is 103 Å². The number of carbonyl (C=O) groups is 1. The summed E-state index contributed by atoms with van der Waals surface area (Å²) in [6.07, 6.45) is 4.02. The molecular formula is C27H31FINO3S. The minimum Gasteiger partial charge on any atom is -0.508 e. The number of β-lactam (4-membered cyclic amide) rings is 1. The summed E-state index contributed by atoms with van der Waals surface area (Å²) in [6.45, 7) is 2.09. The van der Waals surface area contributed by atoms with Crippen molar-refractivity contribution in [2.45, 2.75) is 32.2 Å². The van der Waals surface area contributed by atoms with E-state index in [1.54, 1.807) is 30.5 Å². The molecule has 1 aliphatic heterocycles. The van der Waals surface area contributed by atoms with Crippen LogP contribution < -0.4 is 4.90 Å². The molecular weight excluding hydrogens is 564 g/mol. The zero-order valence-corrected chi connectivity index (χ0v) is 22.4. The van der Waals surface area contributed by atoms with Crippen LogP contribution in [0.15, 0.2) is 72.8 Å². The molecule has 2 atom stereocenters. The largest absolute Gasteiger partial charge is 0.508 e. The minimum absolute atomic E-state index is 0.0168. The molecule has 1 amide bonds. The SMILES string of the molecule is CS.Cc1ccc(F)cc1.O=C1[C@H](CCCCO)[C@@H](c2ccc(O)cc2)N1c1ccc(I)cc1. The highest BCUT2D eigenvalue weighted by Gasteiger charge is 2.48. The number of anilines is 1. The molecule has 0 radical (unpaired) electrons. The van der Waals surface area contributed by atoms with E-state index in [4.69, 9.17) is 5.11 Å². The number of aromatic hydroxyl groups is 1. The van der Waals surface area contributed by atoms with Crippen molar-refractivity contribution >= 4 is 46.8 Å². The topological polar surface area (TPSA) is 60.8 Å². The number of phenolic OH excluding ortho intramolecular Hbond substituents is 1. The van der Waals surface area contributed by atoms with Crippen LogP contribution in [-0.4, -0.2) is 29.0 Å². The molecule has 1 heterocycles. The Labute approximate surface area is 220 Å². The fourth-order valence-corrected chi connectivity index (χ4v) is 4.14. The number of nitrogens with zero attached hydrogens (tertiary/aromatic N) is 1. The molecule has 1 saturated heterocycles. The molecule has 34 heavy (non-hydrogen) atoms. The number of hydrogen-bond donors (Lipinski definition) is 3. The zero-order chi connectivity index (χ0) is 25.1. The van der Waals surface area contributed by atoms with E-state index in [1.807, 2.05) is 48.2 Å². The van der Waals surface area contributed by atoms with Gasteiger partial charge in [0.05, 0.1) is 12.0 Å². The Balaban J connectivity index is 0.000000343. The van der Waals surface area contributed by atoms with E-state index in [0.29, 0.717) is 0 Å². The van der Waals surface area contributed by atoms with Gasteiger partial charge in [-0.3, -0.25) is 4.79 Å². The number of thiol groups is 1. The average Bonchev–Trinajstić information content (AvgIpc) is 2.85. The first-order valence-corrected chi connectivity index (χ1v) is 13.0. The van der Waals surface area contributed by atoms with Crippen molar-refractivity contribution in [3.8, 4) is 5.75 Å². The van der Waals surface area contributed by atoms with Crippen LogP contribution in [0.2, 0.25) is 0 Å². The number of rotatable bonds is 6. The van der Waals surface area contributed by atoms with Crippen molar-refractivity contribution in [2.24, 2.45) is 5.92 Å². The lowest BCUT2D eigenvalue weighted by molar-refractivity contribution is -0.130. The van der Waals surface area contributed by atoms with Gasteiger partial charge >= 0.3 is 0 Å². The van der Waals surface area contributed by atoms with Crippen LogP contribution in [0.5, 0.6) is 5.75 Å². The maximum Gasteiger partial charge on any atom is 0.233 e. The second-order valence-electron chi connectivity index (χ2n) is 7.84. The molecule has 0 aromatic heterocycles. The Hall–Kier alpha value is -2.10. The number of hydrogen-bond acceptors (Lipinski definition) is 4. The fourth-order valence-electron chi connectivity index (χ4n) is 3.78. The normalized spacial score (nSPS) is 16.5. The molecule has 3 aromatic rings. The van der Waals surface area contributed by atoms with Crippen molar-refractivity contribution in [2.75, 3.05) is 17.8 Å². The summed E-state index contributed by atoms with van der Waals surface area (Å²) in [6, 6.07) is 21.4. The number of benzene rings is 3. The Morgan fingerprint density at radius 3 is 2.06 bits per heavy atom. The lowest BCUT2D eigenvalue weighted by Crippen LogP contribution is -2.55. The molecule has 0 bridgehead atoms. The first-order chi connectivity index (χ1) is 16.4. The van der Waals surface area contributed by atoms with Crippen LogP contribution in [0.1, 0.15) is 36.4 Å². The molecule has 0 spiro atoms. The molecule has 1 aliphatic rings. The molecule has 7 heteroatoms. The molecule has 182 valence electrons. The summed E-state index contributed by atoms with van der Waals surface area (Å²) < 4.78 is 13.2. The Morgan fingerprint density at radius 2 is 1.53 bits per heavy atom. The van der Waals surface area contributed by atoms with Crippen LogP contribution >= 0.6 is 35.2 Å². The number of aliphatic hydroxyl groups is 1. The predicted molar refractivity (Wildman–Crippen MR) is 148 cm³/mol. The monoisotopic (exact) mass is 595 g/mol. The van der Waals surface area contributed by atoms with Crippen molar-refractivity contribution in [3.05, 3.63) is 93.3 Å². The summed E-state index contributed by atoms with van der Waals surface area (Å²) in [4.78, 5) is 14.5. The number of aryl methyl sites for hydroxylation is 1. The number of halogens is 2. The standard InChI is InChI=1S/C19H20INO3.C7H7F.CH4S/c20-14-6-8-15(9-7-14)21-18(13-4-10-16(23)11-5-13)17(19(21)24)3-1-2-12-22;1-6-2-4-7(8)5-3-6;1-2/h4-11,17-18,22-23H,1-3,12H2;2-5H,1H3;2H,1H3/t17-,18-;;/m1../s1. The number of phenols is 1. The number of carbonyl (C=O) groups excluding carboxylic acids is 1. The van der Waals surface area contributed by atoms with Crippen LogP contribution in [0.4, 0.5) is 10.1 Å². The summed E-state index contributed by atoms with van der Waals surface area (Å²) in [5, 5.41) is 18.5. The van der Waals surface area contributed by atoms with E-state index in [-0.39, 0.29) is 36.0 Å². The van der Waals surface area contributed by atoms with Gasteiger partial charge in [0.2, 0.25) is 5.91 Å². The number of amides is 1. The Kier molecular flexibility index (Phi) is 11.9. The van der Waals surface area contributed by atoms with Crippen LogP contribution in [-0.2, 0) is 4.79 Å². The van der Waals surface area contributed by atoms with Gasteiger partial charge in [-0.1, -0.05) is 36.2 Å². The van der Waals surface area contributed by atoms with Gasteiger partial charge in [-0.15, -0.1) is 0 Å². The first kappa shape index (κ1) is 28.1.